The van der Waals surface area contributed by atoms with Gasteiger partial charge in [0.2, 0.25) is 0 Å². The highest BCUT2D eigenvalue weighted by Gasteiger charge is 2.11. The highest BCUT2D eigenvalue weighted by Crippen LogP contribution is 2.11. The predicted molar refractivity (Wildman–Crippen MR) is 71.1 cm³/mol. The molecule has 0 aliphatic rings. The van der Waals surface area contributed by atoms with Crippen LogP contribution in [0.15, 0.2) is 18.3 Å². The van der Waals surface area contributed by atoms with E-state index < -0.39 is 6.10 Å². The molecule has 0 bridgehead atoms. The summed E-state index contributed by atoms with van der Waals surface area (Å²) in [6.45, 7) is 1.56. The van der Waals surface area contributed by atoms with E-state index in [0.29, 0.717) is 25.3 Å². The average molecular weight is 271 g/mol. The van der Waals surface area contributed by atoms with Gasteiger partial charge in [-0.3, -0.25) is 4.98 Å². The van der Waals surface area contributed by atoms with Crippen LogP contribution < -0.4 is 5.73 Å². The van der Waals surface area contributed by atoms with E-state index >= 15 is 0 Å². The number of aliphatic hydroxyl groups excluding tert-OH is 1. The van der Waals surface area contributed by atoms with Crippen LogP contribution in [0.3, 0.4) is 0 Å². The molecule has 0 aromatic carbocycles. The Morgan fingerprint density at radius 2 is 2.26 bits per heavy atom. The standard InChI is InChI=1S/C13H22FN3O2/c1-17(8-11(18)9-19-2)6-5-12(15)13-4-3-10(14)7-16-13/h3-4,7,11-12,18H,5-6,8-9,15H2,1-2H3. The number of hydrogen-bond donors (Lipinski definition) is 2. The molecule has 5 nitrogen and oxygen atoms in total. The summed E-state index contributed by atoms with van der Waals surface area (Å²) >= 11 is 0. The summed E-state index contributed by atoms with van der Waals surface area (Å²) in [6.07, 6.45) is 1.35. The highest BCUT2D eigenvalue weighted by molar-refractivity contribution is 5.09. The molecule has 0 fully saturated rings. The molecule has 6 heteroatoms. The fourth-order valence-electron chi connectivity index (χ4n) is 1.81. The van der Waals surface area contributed by atoms with Crippen molar-refractivity contribution in [2.24, 2.45) is 5.73 Å². The fraction of sp³-hybridized carbons (Fsp3) is 0.615. The summed E-state index contributed by atoms with van der Waals surface area (Å²) < 4.78 is 17.6. The molecule has 0 aliphatic carbocycles. The number of nitrogens with two attached hydrogens (primary N) is 1. The summed E-state index contributed by atoms with van der Waals surface area (Å²) in [5.74, 6) is -0.365. The van der Waals surface area contributed by atoms with Gasteiger partial charge in [0.25, 0.3) is 0 Å². The van der Waals surface area contributed by atoms with Gasteiger partial charge in [0.05, 0.1) is 24.6 Å². The molecular weight excluding hydrogens is 249 g/mol. The lowest BCUT2D eigenvalue weighted by atomic mass is 10.1. The Kier molecular flexibility index (Phi) is 6.86. The number of rotatable bonds is 8. The molecule has 19 heavy (non-hydrogen) atoms. The molecule has 0 aliphatic heterocycles. The normalized spacial score (nSPS) is 14.6. The molecule has 0 amide bonds. The largest absolute Gasteiger partial charge is 0.389 e. The van der Waals surface area contributed by atoms with Gasteiger partial charge in [0, 0.05) is 19.7 Å². The predicted octanol–water partition coefficient (Wildman–Crippen LogP) is 0.550. The van der Waals surface area contributed by atoms with Crippen molar-refractivity contribution in [3.05, 3.63) is 29.8 Å². The van der Waals surface area contributed by atoms with Gasteiger partial charge in [-0.15, -0.1) is 0 Å². The molecule has 3 N–H and O–H groups in total. The van der Waals surface area contributed by atoms with Crippen LogP contribution in [0.25, 0.3) is 0 Å². The van der Waals surface area contributed by atoms with Crippen LogP contribution in [0.1, 0.15) is 18.2 Å². The van der Waals surface area contributed by atoms with E-state index in [1.807, 2.05) is 11.9 Å². The van der Waals surface area contributed by atoms with Gasteiger partial charge in [-0.25, -0.2) is 4.39 Å². The van der Waals surface area contributed by atoms with Crippen LogP contribution in [0, 0.1) is 5.82 Å². The van der Waals surface area contributed by atoms with Crippen molar-refractivity contribution in [1.82, 2.24) is 9.88 Å². The molecule has 0 radical (unpaired) electrons. The van der Waals surface area contributed by atoms with Crippen molar-refractivity contribution in [1.29, 1.82) is 0 Å². The lowest BCUT2D eigenvalue weighted by Gasteiger charge is -2.21. The third kappa shape index (κ3) is 6.07. The first-order valence-corrected chi connectivity index (χ1v) is 6.25. The molecule has 1 rings (SSSR count). The average Bonchev–Trinajstić information content (AvgIpc) is 2.37. The van der Waals surface area contributed by atoms with Crippen molar-refractivity contribution < 1.29 is 14.2 Å². The summed E-state index contributed by atoms with van der Waals surface area (Å²) in [6, 6.07) is 2.72. The molecule has 0 spiro atoms. The van der Waals surface area contributed by atoms with Gasteiger partial charge in [-0.2, -0.15) is 0 Å². The number of hydrogen-bond acceptors (Lipinski definition) is 5. The van der Waals surface area contributed by atoms with E-state index in [2.05, 4.69) is 4.98 Å². The van der Waals surface area contributed by atoms with Crippen LogP contribution in [-0.4, -0.2) is 54.9 Å². The SMILES string of the molecule is COCC(O)CN(C)CCC(N)c1ccc(F)cn1. The Balaban J connectivity index is 2.33. The topological polar surface area (TPSA) is 71.6 Å². The van der Waals surface area contributed by atoms with E-state index in [-0.39, 0.29) is 11.9 Å². The molecule has 0 saturated carbocycles. The van der Waals surface area contributed by atoms with Gasteiger partial charge in [0.1, 0.15) is 5.82 Å². The van der Waals surface area contributed by atoms with E-state index in [9.17, 15) is 9.50 Å². The number of aliphatic hydroxyl groups is 1. The van der Waals surface area contributed by atoms with Crippen molar-refractivity contribution in [3.63, 3.8) is 0 Å². The van der Waals surface area contributed by atoms with Crippen LogP contribution in [-0.2, 0) is 4.74 Å². The summed E-state index contributed by atoms with van der Waals surface area (Å²) in [4.78, 5) is 5.94. The number of ether oxygens (including phenoxy) is 1. The Labute approximate surface area is 113 Å². The second-order valence-corrected chi connectivity index (χ2v) is 4.67. The second kappa shape index (κ2) is 8.16. The van der Waals surface area contributed by atoms with Crippen molar-refractivity contribution in [2.45, 2.75) is 18.6 Å². The quantitative estimate of drug-likeness (QED) is 0.722. The van der Waals surface area contributed by atoms with Crippen molar-refractivity contribution >= 4 is 0 Å². The third-order valence-electron chi connectivity index (χ3n) is 2.83. The van der Waals surface area contributed by atoms with Gasteiger partial charge in [0.15, 0.2) is 0 Å². The number of pyridine rings is 1. The molecule has 0 saturated heterocycles. The van der Waals surface area contributed by atoms with E-state index in [0.717, 1.165) is 6.54 Å². The Morgan fingerprint density at radius 1 is 1.53 bits per heavy atom. The molecule has 1 aromatic heterocycles. The van der Waals surface area contributed by atoms with Crippen LogP contribution >= 0.6 is 0 Å². The van der Waals surface area contributed by atoms with E-state index in [4.69, 9.17) is 10.5 Å². The maximum atomic E-state index is 12.7. The highest BCUT2D eigenvalue weighted by atomic mass is 19.1. The summed E-state index contributed by atoms with van der Waals surface area (Å²) in [7, 11) is 3.46. The van der Waals surface area contributed by atoms with Crippen LogP contribution in [0.4, 0.5) is 4.39 Å². The Hall–Kier alpha value is -1.08. The van der Waals surface area contributed by atoms with Crippen molar-refractivity contribution in [2.75, 3.05) is 33.9 Å². The first-order valence-electron chi connectivity index (χ1n) is 6.25. The molecule has 108 valence electrons. The maximum absolute atomic E-state index is 12.7. The number of halogens is 1. The smallest absolute Gasteiger partial charge is 0.141 e. The van der Waals surface area contributed by atoms with Gasteiger partial charge >= 0.3 is 0 Å². The van der Waals surface area contributed by atoms with E-state index in [1.165, 1.54) is 12.3 Å². The monoisotopic (exact) mass is 271 g/mol. The van der Waals surface area contributed by atoms with Gasteiger partial charge in [-0.1, -0.05) is 0 Å². The number of aromatic nitrogens is 1. The molecule has 1 heterocycles. The number of methoxy groups -OCH3 is 1. The Morgan fingerprint density at radius 3 is 2.84 bits per heavy atom. The summed E-state index contributed by atoms with van der Waals surface area (Å²) in [5.41, 5.74) is 6.66. The first-order chi connectivity index (χ1) is 9.02. The Bertz CT molecular complexity index is 361. The minimum atomic E-state index is -0.504. The minimum absolute atomic E-state index is 0.234. The lowest BCUT2D eigenvalue weighted by Crippen LogP contribution is -2.33. The third-order valence-corrected chi connectivity index (χ3v) is 2.83. The zero-order valence-corrected chi connectivity index (χ0v) is 11.4. The van der Waals surface area contributed by atoms with E-state index in [1.54, 1.807) is 13.2 Å². The zero-order valence-electron chi connectivity index (χ0n) is 11.4. The number of nitrogens with zero attached hydrogens (tertiary/aromatic N) is 2. The zero-order chi connectivity index (χ0) is 14.3. The molecule has 1 aromatic rings. The first kappa shape index (κ1) is 16.0. The number of likely N-dealkylation sites (N-methyl/N-ethyl adjacent to an activating group) is 1. The second-order valence-electron chi connectivity index (χ2n) is 4.67. The molecule has 2 unspecified atom stereocenters. The van der Waals surface area contributed by atoms with Crippen molar-refractivity contribution in [3.8, 4) is 0 Å². The molecule has 2 atom stereocenters. The lowest BCUT2D eigenvalue weighted by molar-refractivity contribution is 0.0428. The fourth-order valence-corrected chi connectivity index (χ4v) is 1.81. The van der Waals surface area contributed by atoms with Crippen LogP contribution in [0.2, 0.25) is 0 Å². The molecular formula is C13H22FN3O2. The van der Waals surface area contributed by atoms with Crippen LogP contribution in [0.5, 0.6) is 0 Å². The summed E-state index contributed by atoms with van der Waals surface area (Å²) in [5, 5.41) is 9.58. The maximum Gasteiger partial charge on any atom is 0.141 e. The van der Waals surface area contributed by atoms with Gasteiger partial charge < -0.3 is 20.5 Å². The van der Waals surface area contributed by atoms with Gasteiger partial charge in [-0.05, 0) is 32.1 Å². The minimum Gasteiger partial charge on any atom is -0.389 e.